The highest BCUT2D eigenvalue weighted by Gasteiger charge is 2.38. The van der Waals surface area contributed by atoms with Crippen LogP contribution in [0.3, 0.4) is 0 Å². The van der Waals surface area contributed by atoms with Gasteiger partial charge < -0.3 is 30.2 Å². The Labute approximate surface area is 235 Å². The number of esters is 1. The van der Waals surface area contributed by atoms with Gasteiger partial charge in [0.2, 0.25) is 6.10 Å². The van der Waals surface area contributed by atoms with Crippen LogP contribution in [-0.2, 0) is 35.0 Å². The van der Waals surface area contributed by atoms with Gasteiger partial charge in [-0.05, 0) is 51.0 Å². The van der Waals surface area contributed by atoms with Crippen molar-refractivity contribution in [1.29, 1.82) is 5.26 Å². The van der Waals surface area contributed by atoms with E-state index in [1.807, 2.05) is 33.8 Å². The Bertz CT molecular complexity index is 1060. The number of benzene rings is 1. The van der Waals surface area contributed by atoms with Crippen LogP contribution < -0.4 is 16.0 Å². The highest BCUT2D eigenvalue weighted by Crippen LogP contribution is 2.20. The molecule has 1 saturated carbocycles. The minimum absolute atomic E-state index is 0.00308. The molecule has 1 aliphatic carbocycles. The van der Waals surface area contributed by atoms with Gasteiger partial charge in [0.1, 0.15) is 11.6 Å². The summed E-state index contributed by atoms with van der Waals surface area (Å²) in [6, 6.07) is 9.56. The van der Waals surface area contributed by atoms with Crippen molar-refractivity contribution < 1.29 is 33.4 Å². The number of nitrogens with one attached hydrogen (secondary N) is 3. The van der Waals surface area contributed by atoms with Gasteiger partial charge >= 0.3 is 12.1 Å². The number of hydrogen-bond acceptors (Lipinski definition) is 8. The third-order valence-corrected chi connectivity index (χ3v) is 5.84. The van der Waals surface area contributed by atoms with E-state index in [0.717, 1.165) is 18.4 Å². The molecule has 3 N–H and O–H groups in total. The average molecular weight is 557 g/mol. The van der Waals surface area contributed by atoms with Crippen LogP contribution in [0.4, 0.5) is 4.79 Å². The molecule has 3 atom stereocenters. The summed E-state index contributed by atoms with van der Waals surface area (Å²) in [5.41, 5.74) is 0.282. The Kier molecular flexibility index (Phi) is 13.1. The van der Waals surface area contributed by atoms with Crippen LogP contribution in [0, 0.1) is 17.2 Å². The lowest BCUT2D eigenvalue weighted by atomic mass is 9.98. The molecule has 218 valence electrons. The van der Waals surface area contributed by atoms with Crippen LogP contribution >= 0.6 is 0 Å². The van der Waals surface area contributed by atoms with E-state index in [1.54, 1.807) is 30.3 Å². The van der Waals surface area contributed by atoms with Crippen LogP contribution in [0.5, 0.6) is 0 Å². The molecule has 0 radical (unpaired) electrons. The molecule has 1 fully saturated rings. The van der Waals surface area contributed by atoms with Gasteiger partial charge in [0.15, 0.2) is 6.10 Å². The normalized spacial score (nSPS) is 14.8. The predicted octanol–water partition coefficient (Wildman–Crippen LogP) is 2.55. The molecule has 0 aromatic heterocycles. The van der Waals surface area contributed by atoms with E-state index in [4.69, 9.17) is 19.5 Å². The molecule has 40 heavy (non-hydrogen) atoms. The molecule has 11 heteroatoms. The number of ether oxygens (including phenoxy) is 3. The summed E-state index contributed by atoms with van der Waals surface area (Å²) in [5.74, 6) is -2.33. The Morgan fingerprint density at radius 1 is 1.05 bits per heavy atom. The van der Waals surface area contributed by atoms with Crippen molar-refractivity contribution >= 4 is 23.9 Å². The lowest BCUT2D eigenvalue weighted by molar-refractivity contribution is -0.155. The molecule has 0 spiro atoms. The van der Waals surface area contributed by atoms with Crippen LogP contribution in [-0.4, -0.2) is 67.4 Å². The van der Waals surface area contributed by atoms with Gasteiger partial charge in [0.25, 0.3) is 11.8 Å². The topological polar surface area (TPSA) is 156 Å². The van der Waals surface area contributed by atoms with Crippen molar-refractivity contribution in [2.24, 2.45) is 5.92 Å². The maximum absolute atomic E-state index is 13.5. The molecule has 1 aromatic rings. The van der Waals surface area contributed by atoms with Gasteiger partial charge in [-0.15, -0.1) is 0 Å². The molecule has 1 unspecified atom stereocenters. The molecule has 1 aliphatic rings. The fraction of sp³-hybridized carbons (Fsp3) is 0.552. The minimum Gasteiger partial charge on any atom is -0.446 e. The Balaban J connectivity index is 2.27. The second kappa shape index (κ2) is 16.3. The molecule has 0 bridgehead atoms. The van der Waals surface area contributed by atoms with Crippen LogP contribution in [0.1, 0.15) is 52.5 Å². The summed E-state index contributed by atoms with van der Waals surface area (Å²) in [6.45, 7) is 11.3. The van der Waals surface area contributed by atoms with E-state index in [-0.39, 0.29) is 44.1 Å². The molecule has 3 amide bonds. The monoisotopic (exact) mass is 556 g/mol. The molecule has 0 heterocycles. The molecular formula is C29H40N4O7. The first-order chi connectivity index (χ1) is 19.0. The summed E-state index contributed by atoms with van der Waals surface area (Å²) in [7, 11) is 0. The standard InChI is InChI=1S/C29H40N4O7/c1-18(2)15-24(39-29(37)31-13-14-38-19(3)4)26(34)33-23(16-21-9-7-6-8-10-21)25(27(35)32-22-11-12-22)40-28(36)20(5)17-30/h6-10,18-19,22-25H,5,11-16H2,1-4H3,(H,31,37)(H,32,35)(H,33,34)/t23-,24-,25?/m0/s1. The quantitative estimate of drug-likeness (QED) is 0.121. The maximum atomic E-state index is 13.5. The van der Waals surface area contributed by atoms with Crippen molar-refractivity contribution in [2.45, 2.75) is 83.8 Å². The van der Waals surface area contributed by atoms with E-state index in [2.05, 4.69) is 22.5 Å². The molecular weight excluding hydrogens is 516 g/mol. The molecule has 11 nitrogen and oxygen atoms in total. The number of alkyl carbamates (subject to hydrolysis) is 1. The highest BCUT2D eigenvalue weighted by molar-refractivity contribution is 5.95. The number of nitriles is 1. The van der Waals surface area contributed by atoms with Crippen molar-refractivity contribution in [1.82, 2.24) is 16.0 Å². The van der Waals surface area contributed by atoms with E-state index >= 15 is 0 Å². The lowest BCUT2D eigenvalue weighted by Gasteiger charge is -2.29. The SMILES string of the molecule is C=C(C#N)C(=O)OC(C(=O)NC1CC1)[C@H](Cc1ccccc1)NC(=O)[C@H](CC(C)C)OC(=O)NCCOC(C)C. The Morgan fingerprint density at radius 2 is 1.73 bits per heavy atom. The fourth-order valence-electron chi connectivity index (χ4n) is 3.69. The number of carbonyl (C=O) groups excluding carboxylic acids is 4. The van der Waals surface area contributed by atoms with E-state index < -0.39 is 47.7 Å². The fourth-order valence-corrected chi connectivity index (χ4v) is 3.69. The largest absolute Gasteiger partial charge is 0.446 e. The maximum Gasteiger partial charge on any atom is 0.408 e. The summed E-state index contributed by atoms with van der Waals surface area (Å²) in [4.78, 5) is 51.6. The second-order valence-corrected chi connectivity index (χ2v) is 10.4. The van der Waals surface area contributed by atoms with Gasteiger partial charge in [-0.25, -0.2) is 9.59 Å². The zero-order chi connectivity index (χ0) is 29.7. The van der Waals surface area contributed by atoms with Crippen LogP contribution in [0.15, 0.2) is 42.5 Å². The van der Waals surface area contributed by atoms with Gasteiger partial charge in [0, 0.05) is 12.6 Å². The van der Waals surface area contributed by atoms with Crippen LogP contribution in [0.2, 0.25) is 0 Å². The minimum atomic E-state index is -1.47. The molecule has 1 aromatic carbocycles. The number of carbonyl (C=O) groups is 4. The number of hydrogen-bond donors (Lipinski definition) is 3. The first-order valence-corrected chi connectivity index (χ1v) is 13.5. The van der Waals surface area contributed by atoms with E-state index in [0.29, 0.717) is 0 Å². The van der Waals surface area contributed by atoms with Gasteiger partial charge in [-0.2, -0.15) is 5.26 Å². The zero-order valence-electron chi connectivity index (χ0n) is 23.6. The smallest absolute Gasteiger partial charge is 0.408 e. The Hall–Kier alpha value is -3.91. The third-order valence-electron chi connectivity index (χ3n) is 5.84. The number of nitrogens with zero attached hydrogens (tertiary/aromatic N) is 1. The third kappa shape index (κ3) is 11.9. The Morgan fingerprint density at radius 3 is 2.30 bits per heavy atom. The van der Waals surface area contributed by atoms with Crippen LogP contribution in [0.25, 0.3) is 0 Å². The van der Waals surface area contributed by atoms with Crippen molar-refractivity contribution in [3.63, 3.8) is 0 Å². The predicted molar refractivity (Wildman–Crippen MR) is 147 cm³/mol. The van der Waals surface area contributed by atoms with Gasteiger partial charge in [-0.3, -0.25) is 9.59 Å². The average Bonchev–Trinajstić information content (AvgIpc) is 3.72. The van der Waals surface area contributed by atoms with Crippen molar-refractivity contribution in [3.8, 4) is 6.07 Å². The number of amides is 3. The van der Waals surface area contributed by atoms with E-state index in [9.17, 15) is 19.2 Å². The summed E-state index contributed by atoms with van der Waals surface area (Å²) in [6.07, 6.45) is -1.52. The molecule has 2 rings (SSSR count). The number of rotatable bonds is 16. The highest BCUT2D eigenvalue weighted by atomic mass is 16.6. The lowest BCUT2D eigenvalue weighted by Crippen LogP contribution is -2.56. The van der Waals surface area contributed by atoms with E-state index in [1.165, 1.54) is 0 Å². The summed E-state index contributed by atoms with van der Waals surface area (Å²) < 4.78 is 16.3. The van der Waals surface area contributed by atoms with Crippen molar-refractivity contribution in [2.75, 3.05) is 13.2 Å². The molecule has 0 saturated heterocycles. The van der Waals surface area contributed by atoms with Gasteiger partial charge in [-0.1, -0.05) is 50.8 Å². The first kappa shape index (κ1) is 32.3. The van der Waals surface area contributed by atoms with Crippen molar-refractivity contribution in [3.05, 3.63) is 48.0 Å². The summed E-state index contributed by atoms with van der Waals surface area (Å²) >= 11 is 0. The zero-order valence-corrected chi connectivity index (χ0v) is 23.6. The molecule has 0 aliphatic heterocycles. The summed E-state index contributed by atoms with van der Waals surface area (Å²) in [5, 5.41) is 17.2. The second-order valence-electron chi connectivity index (χ2n) is 10.4. The van der Waals surface area contributed by atoms with Gasteiger partial charge in [0.05, 0.1) is 18.8 Å². The first-order valence-electron chi connectivity index (χ1n) is 13.5.